The van der Waals surface area contributed by atoms with Crippen LogP contribution in [0.25, 0.3) is 16.6 Å². The maximum absolute atomic E-state index is 13.8. The van der Waals surface area contributed by atoms with E-state index < -0.39 is 11.8 Å². The molecule has 0 aliphatic rings. The Labute approximate surface area is 128 Å². The molecule has 0 aliphatic carbocycles. The molecule has 6 heteroatoms. The summed E-state index contributed by atoms with van der Waals surface area (Å²) in [6.07, 6.45) is 1.75. The fourth-order valence-corrected chi connectivity index (χ4v) is 2.25. The largest absolute Gasteiger partial charge is 0.424 e. The van der Waals surface area contributed by atoms with Crippen LogP contribution in [0.5, 0.6) is 5.75 Å². The number of hydrogen-bond acceptors (Lipinski definition) is 3. The zero-order chi connectivity index (χ0) is 15.0. The first-order chi connectivity index (χ1) is 10.0. The van der Waals surface area contributed by atoms with Gasteiger partial charge < -0.3 is 4.74 Å². The normalized spacial score (nSPS) is 10.8. The van der Waals surface area contributed by atoms with Gasteiger partial charge in [0.15, 0.2) is 11.6 Å². The summed E-state index contributed by atoms with van der Waals surface area (Å²) in [5.74, 6) is -1.27. The SMILES string of the molecule is CC(=O)Oc1cc2cn(-c3ccc(Br)cc3)nc2cc1F. The van der Waals surface area contributed by atoms with Gasteiger partial charge in [0.25, 0.3) is 0 Å². The molecular formula is C15H10BrFN2O2. The highest BCUT2D eigenvalue weighted by Gasteiger charge is 2.11. The topological polar surface area (TPSA) is 44.1 Å². The molecule has 3 aromatic rings. The molecule has 0 spiro atoms. The van der Waals surface area contributed by atoms with Crippen LogP contribution in [0, 0.1) is 5.82 Å². The third-order valence-corrected chi connectivity index (χ3v) is 3.43. The molecule has 1 heterocycles. The lowest BCUT2D eigenvalue weighted by atomic mass is 10.2. The summed E-state index contributed by atoms with van der Waals surface area (Å²) < 4.78 is 21.2. The number of hydrogen-bond donors (Lipinski definition) is 0. The number of carbonyl (C=O) groups excluding carboxylic acids is 1. The van der Waals surface area contributed by atoms with Gasteiger partial charge in [-0.2, -0.15) is 5.10 Å². The molecule has 106 valence electrons. The number of ether oxygens (including phenoxy) is 1. The second kappa shape index (κ2) is 5.29. The molecule has 0 bridgehead atoms. The number of carbonyl (C=O) groups is 1. The number of aromatic nitrogens is 2. The van der Waals surface area contributed by atoms with Crippen LogP contribution in [-0.4, -0.2) is 15.7 Å². The molecule has 0 atom stereocenters. The van der Waals surface area contributed by atoms with Gasteiger partial charge in [-0.15, -0.1) is 0 Å². The third kappa shape index (κ3) is 2.80. The van der Waals surface area contributed by atoms with E-state index >= 15 is 0 Å². The van der Waals surface area contributed by atoms with Crippen molar-refractivity contribution in [1.82, 2.24) is 9.78 Å². The van der Waals surface area contributed by atoms with Crippen molar-refractivity contribution in [3.63, 3.8) is 0 Å². The van der Waals surface area contributed by atoms with E-state index in [1.54, 1.807) is 10.9 Å². The lowest BCUT2D eigenvalue weighted by Crippen LogP contribution is -2.02. The number of benzene rings is 2. The summed E-state index contributed by atoms with van der Waals surface area (Å²) in [4.78, 5) is 10.9. The van der Waals surface area contributed by atoms with Crippen LogP contribution in [0.3, 0.4) is 0 Å². The molecule has 0 saturated heterocycles. The van der Waals surface area contributed by atoms with Crippen molar-refractivity contribution in [2.24, 2.45) is 0 Å². The summed E-state index contributed by atoms with van der Waals surface area (Å²) in [5.41, 5.74) is 1.34. The number of fused-ring (bicyclic) bond motifs is 1. The van der Waals surface area contributed by atoms with Crippen LogP contribution in [-0.2, 0) is 4.79 Å². The smallest absolute Gasteiger partial charge is 0.308 e. The maximum atomic E-state index is 13.8. The monoisotopic (exact) mass is 348 g/mol. The van der Waals surface area contributed by atoms with Crippen molar-refractivity contribution in [1.29, 1.82) is 0 Å². The Kier molecular flexibility index (Phi) is 3.47. The van der Waals surface area contributed by atoms with Gasteiger partial charge in [-0.25, -0.2) is 9.07 Å². The average Bonchev–Trinajstić information content (AvgIpc) is 2.82. The van der Waals surface area contributed by atoms with Crippen LogP contribution in [0.2, 0.25) is 0 Å². The Morgan fingerprint density at radius 1 is 1.29 bits per heavy atom. The van der Waals surface area contributed by atoms with Gasteiger partial charge in [-0.1, -0.05) is 15.9 Å². The van der Waals surface area contributed by atoms with Gasteiger partial charge >= 0.3 is 5.97 Å². The number of rotatable bonds is 2. The summed E-state index contributed by atoms with van der Waals surface area (Å²) in [5, 5.41) is 5.00. The van der Waals surface area contributed by atoms with Gasteiger partial charge in [0.05, 0.1) is 11.2 Å². The standard InChI is InChI=1S/C15H10BrFN2O2/c1-9(20)21-15-6-10-8-19(18-14(10)7-13(15)17)12-4-2-11(16)3-5-12/h2-8H,1H3. The average molecular weight is 349 g/mol. The van der Waals surface area contributed by atoms with Gasteiger partial charge in [0.1, 0.15) is 0 Å². The first kappa shape index (κ1) is 13.8. The van der Waals surface area contributed by atoms with E-state index in [0.717, 1.165) is 10.2 Å². The molecule has 0 unspecified atom stereocenters. The molecule has 0 N–H and O–H groups in total. The lowest BCUT2D eigenvalue weighted by Gasteiger charge is -2.01. The quantitative estimate of drug-likeness (QED) is 0.521. The highest BCUT2D eigenvalue weighted by atomic mass is 79.9. The molecule has 3 rings (SSSR count). The fourth-order valence-electron chi connectivity index (χ4n) is 1.98. The lowest BCUT2D eigenvalue weighted by molar-refractivity contribution is -0.132. The highest BCUT2D eigenvalue weighted by Crippen LogP contribution is 2.25. The zero-order valence-electron chi connectivity index (χ0n) is 11.0. The fraction of sp³-hybridized carbons (Fsp3) is 0.0667. The minimum Gasteiger partial charge on any atom is -0.424 e. The third-order valence-electron chi connectivity index (χ3n) is 2.90. The first-order valence-corrected chi connectivity index (χ1v) is 6.95. The van der Waals surface area contributed by atoms with Crippen LogP contribution >= 0.6 is 15.9 Å². The molecule has 0 amide bonds. The Hall–Kier alpha value is -2.21. The maximum Gasteiger partial charge on any atom is 0.308 e. The van der Waals surface area contributed by atoms with E-state index in [2.05, 4.69) is 21.0 Å². The van der Waals surface area contributed by atoms with Crippen molar-refractivity contribution in [2.75, 3.05) is 0 Å². The van der Waals surface area contributed by atoms with E-state index in [0.29, 0.717) is 10.9 Å². The Bertz CT molecular complexity index is 828. The van der Waals surface area contributed by atoms with Gasteiger partial charge in [-0.3, -0.25) is 4.79 Å². The molecule has 0 saturated carbocycles. The number of esters is 1. The summed E-state index contributed by atoms with van der Waals surface area (Å²) in [6.45, 7) is 1.23. The summed E-state index contributed by atoms with van der Waals surface area (Å²) >= 11 is 3.37. The second-order valence-electron chi connectivity index (χ2n) is 4.49. The van der Waals surface area contributed by atoms with E-state index in [9.17, 15) is 9.18 Å². The summed E-state index contributed by atoms with van der Waals surface area (Å²) in [7, 11) is 0. The minimum atomic E-state index is -0.612. The molecule has 2 aromatic carbocycles. The first-order valence-electron chi connectivity index (χ1n) is 6.16. The van der Waals surface area contributed by atoms with Gasteiger partial charge in [-0.05, 0) is 30.3 Å². The summed E-state index contributed by atoms with van der Waals surface area (Å²) in [6, 6.07) is 10.3. The van der Waals surface area contributed by atoms with Crippen LogP contribution in [0.1, 0.15) is 6.92 Å². The van der Waals surface area contributed by atoms with E-state index in [-0.39, 0.29) is 5.75 Å². The van der Waals surface area contributed by atoms with Crippen molar-refractivity contribution in [2.45, 2.75) is 6.92 Å². The van der Waals surface area contributed by atoms with Crippen LogP contribution in [0.4, 0.5) is 4.39 Å². The van der Waals surface area contributed by atoms with Gasteiger partial charge in [0.2, 0.25) is 0 Å². The Morgan fingerprint density at radius 2 is 2.00 bits per heavy atom. The van der Waals surface area contributed by atoms with Crippen molar-refractivity contribution >= 4 is 32.8 Å². The second-order valence-corrected chi connectivity index (χ2v) is 5.40. The van der Waals surface area contributed by atoms with Crippen molar-refractivity contribution in [3.05, 3.63) is 52.9 Å². The Morgan fingerprint density at radius 3 is 2.67 bits per heavy atom. The van der Waals surface area contributed by atoms with Gasteiger partial charge in [0, 0.05) is 29.0 Å². The van der Waals surface area contributed by atoms with Crippen LogP contribution < -0.4 is 4.74 Å². The van der Waals surface area contributed by atoms with E-state index in [1.165, 1.54) is 19.1 Å². The molecule has 0 aliphatic heterocycles. The minimum absolute atomic E-state index is 0.0923. The molecule has 0 radical (unpaired) electrons. The molecule has 1 aromatic heterocycles. The predicted octanol–water partition coefficient (Wildman–Crippen LogP) is 3.85. The van der Waals surface area contributed by atoms with Crippen LogP contribution in [0.15, 0.2) is 47.1 Å². The Balaban J connectivity index is 2.07. The molecule has 4 nitrogen and oxygen atoms in total. The molecule has 0 fully saturated rings. The molecular weight excluding hydrogens is 339 g/mol. The highest BCUT2D eigenvalue weighted by molar-refractivity contribution is 9.10. The number of halogens is 2. The van der Waals surface area contributed by atoms with E-state index in [1.807, 2.05) is 24.3 Å². The van der Waals surface area contributed by atoms with Crippen molar-refractivity contribution in [3.8, 4) is 11.4 Å². The predicted molar refractivity (Wildman–Crippen MR) is 80.0 cm³/mol. The van der Waals surface area contributed by atoms with E-state index in [4.69, 9.17) is 4.74 Å². The van der Waals surface area contributed by atoms with Crippen molar-refractivity contribution < 1.29 is 13.9 Å². The molecule has 21 heavy (non-hydrogen) atoms. The zero-order valence-corrected chi connectivity index (χ0v) is 12.6. The number of nitrogens with zero attached hydrogens (tertiary/aromatic N) is 2.